The Balaban J connectivity index is 1.62. The fourth-order valence-corrected chi connectivity index (χ4v) is 4.36. The van der Waals surface area contributed by atoms with Gasteiger partial charge in [-0.3, -0.25) is 4.79 Å². The highest BCUT2D eigenvalue weighted by Gasteiger charge is 2.17. The standard InChI is InChI=1S/C19H21N3O2S2/c1-4-15-9-16-18(21-11-22-19(16)26-15)25-12(2)17(23)20-10-13-5-7-14(24-3)8-6-13/h5-9,11-12H,4,10H2,1-3H3,(H,20,23). The van der Waals surface area contributed by atoms with E-state index in [-0.39, 0.29) is 11.2 Å². The summed E-state index contributed by atoms with van der Waals surface area (Å²) in [5.41, 5.74) is 1.03. The van der Waals surface area contributed by atoms with Gasteiger partial charge in [-0.1, -0.05) is 30.8 Å². The van der Waals surface area contributed by atoms with Gasteiger partial charge in [-0.2, -0.15) is 0 Å². The Hall–Kier alpha value is -2.12. The topological polar surface area (TPSA) is 64.1 Å². The predicted octanol–water partition coefficient (Wildman–Crippen LogP) is 4.06. The molecule has 1 aromatic carbocycles. The third-order valence-electron chi connectivity index (χ3n) is 3.98. The molecule has 1 unspecified atom stereocenters. The molecule has 1 N–H and O–H groups in total. The lowest BCUT2D eigenvalue weighted by Crippen LogP contribution is -2.30. The van der Waals surface area contributed by atoms with Crippen molar-refractivity contribution in [3.05, 3.63) is 47.1 Å². The summed E-state index contributed by atoms with van der Waals surface area (Å²) in [5, 5.41) is 4.64. The van der Waals surface area contributed by atoms with Crippen molar-refractivity contribution in [1.82, 2.24) is 15.3 Å². The molecular weight excluding hydrogens is 366 g/mol. The molecule has 0 bridgehead atoms. The summed E-state index contributed by atoms with van der Waals surface area (Å²) < 4.78 is 5.14. The van der Waals surface area contributed by atoms with Gasteiger partial charge in [0.05, 0.1) is 12.4 Å². The molecule has 5 nitrogen and oxygen atoms in total. The molecule has 0 radical (unpaired) electrons. The first-order chi connectivity index (χ1) is 12.6. The van der Waals surface area contributed by atoms with Crippen LogP contribution in [0.2, 0.25) is 0 Å². The number of thioether (sulfide) groups is 1. The minimum atomic E-state index is -0.240. The van der Waals surface area contributed by atoms with Crippen LogP contribution in [0.15, 0.2) is 41.7 Å². The van der Waals surface area contributed by atoms with E-state index in [0.29, 0.717) is 6.54 Å². The number of aromatic nitrogens is 2. The van der Waals surface area contributed by atoms with Crippen molar-refractivity contribution >= 4 is 39.2 Å². The highest BCUT2D eigenvalue weighted by Crippen LogP contribution is 2.32. The summed E-state index contributed by atoms with van der Waals surface area (Å²) in [6.45, 7) is 4.51. The van der Waals surface area contributed by atoms with Crippen molar-refractivity contribution in [2.75, 3.05) is 7.11 Å². The first kappa shape index (κ1) is 18.7. The third kappa shape index (κ3) is 4.34. The minimum absolute atomic E-state index is 0.0106. The summed E-state index contributed by atoms with van der Waals surface area (Å²) in [4.78, 5) is 23.4. The molecule has 2 aromatic heterocycles. The molecule has 136 valence electrons. The van der Waals surface area contributed by atoms with Crippen LogP contribution in [0.25, 0.3) is 10.2 Å². The number of benzene rings is 1. The van der Waals surface area contributed by atoms with Crippen molar-refractivity contribution in [1.29, 1.82) is 0 Å². The van der Waals surface area contributed by atoms with Crippen molar-refractivity contribution in [2.45, 2.75) is 37.1 Å². The third-order valence-corrected chi connectivity index (χ3v) is 6.28. The highest BCUT2D eigenvalue weighted by molar-refractivity contribution is 8.00. The van der Waals surface area contributed by atoms with Crippen molar-refractivity contribution < 1.29 is 9.53 Å². The lowest BCUT2D eigenvalue weighted by molar-refractivity contribution is -0.120. The fraction of sp³-hybridized carbons (Fsp3) is 0.316. The Kier molecular flexibility index (Phi) is 6.11. The Labute approximate surface area is 161 Å². The van der Waals surface area contributed by atoms with Gasteiger partial charge in [0.25, 0.3) is 0 Å². The second-order valence-corrected chi connectivity index (χ2v) is 8.23. The van der Waals surface area contributed by atoms with Crippen LogP contribution in [0.1, 0.15) is 24.3 Å². The number of fused-ring (bicyclic) bond motifs is 1. The molecule has 0 spiro atoms. The number of ether oxygens (including phenoxy) is 1. The molecule has 7 heteroatoms. The molecule has 0 aliphatic carbocycles. The molecule has 0 aliphatic heterocycles. The molecule has 0 saturated heterocycles. The number of amides is 1. The van der Waals surface area contributed by atoms with Gasteiger partial charge in [-0.25, -0.2) is 9.97 Å². The number of nitrogens with one attached hydrogen (secondary N) is 1. The second-order valence-electron chi connectivity index (χ2n) is 5.79. The van der Waals surface area contributed by atoms with E-state index in [1.54, 1.807) is 24.8 Å². The normalized spacial score (nSPS) is 12.1. The largest absolute Gasteiger partial charge is 0.497 e. The van der Waals surface area contributed by atoms with Gasteiger partial charge >= 0.3 is 0 Å². The SMILES string of the molecule is CCc1cc2c(SC(C)C(=O)NCc3ccc(OC)cc3)ncnc2s1. The fourth-order valence-electron chi connectivity index (χ4n) is 2.45. The number of thiophene rings is 1. The van der Waals surface area contributed by atoms with E-state index in [9.17, 15) is 4.79 Å². The number of carbonyl (C=O) groups excluding carboxylic acids is 1. The van der Waals surface area contributed by atoms with Gasteiger partial charge in [0, 0.05) is 16.8 Å². The Morgan fingerprint density at radius 1 is 1.31 bits per heavy atom. The van der Waals surface area contributed by atoms with E-state index >= 15 is 0 Å². The van der Waals surface area contributed by atoms with Crippen molar-refractivity contribution in [3.8, 4) is 5.75 Å². The maximum Gasteiger partial charge on any atom is 0.233 e. The van der Waals surface area contributed by atoms with E-state index in [2.05, 4.69) is 28.3 Å². The van der Waals surface area contributed by atoms with E-state index in [0.717, 1.165) is 33.0 Å². The Morgan fingerprint density at radius 2 is 2.08 bits per heavy atom. The van der Waals surface area contributed by atoms with Gasteiger partial charge in [-0.05, 0) is 37.1 Å². The molecule has 3 aromatic rings. The van der Waals surface area contributed by atoms with Gasteiger partial charge in [0.2, 0.25) is 5.91 Å². The van der Waals surface area contributed by atoms with Crippen LogP contribution in [0.3, 0.4) is 0 Å². The molecule has 0 aliphatic rings. The van der Waals surface area contributed by atoms with Crippen LogP contribution in [-0.2, 0) is 17.8 Å². The number of hydrogen-bond acceptors (Lipinski definition) is 6. The minimum Gasteiger partial charge on any atom is -0.497 e. The van der Waals surface area contributed by atoms with Crippen LogP contribution in [0, 0.1) is 0 Å². The summed E-state index contributed by atoms with van der Waals surface area (Å²) >= 11 is 3.15. The Morgan fingerprint density at radius 3 is 2.77 bits per heavy atom. The number of carbonyl (C=O) groups is 1. The highest BCUT2D eigenvalue weighted by atomic mass is 32.2. The average molecular weight is 388 g/mol. The van der Waals surface area contributed by atoms with Crippen LogP contribution in [-0.4, -0.2) is 28.2 Å². The van der Waals surface area contributed by atoms with Crippen LogP contribution < -0.4 is 10.1 Å². The van der Waals surface area contributed by atoms with Gasteiger partial charge < -0.3 is 10.1 Å². The predicted molar refractivity (Wildman–Crippen MR) is 107 cm³/mol. The molecular formula is C19H21N3O2S2. The average Bonchev–Trinajstić information content (AvgIpc) is 3.11. The van der Waals surface area contributed by atoms with E-state index < -0.39 is 0 Å². The van der Waals surface area contributed by atoms with E-state index in [4.69, 9.17) is 4.74 Å². The summed E-state index contributed by atoms with van der Waals surface area (Å²) in [5.74, 6) is 0.794. The second kappa shape index (κ2) is 8.51. The maximum atomic E-state index is 12.4. The Bertz CT molecular complexity index is 893. The first-order valence-electron chi connectivity index (χ1n) is 8.41. The van der Waals surface area contributed by atoms with Crippen LogP contribution in [0.4, 0.5) is 0 Å². The molecule has 3 rings (SSSR count). The summed E-state index contributed by atoms with van der Waals surface area (Å²) in [6.07, 6.45) is 2.55. The number of nitrogens with zero attached hydrogens (tertiary/aromatic N) is 2. The zero-order chi connectivity index (χ0) is 18.5. The molecule has 2 heterocycles. The van der Waals surface area contributed by atoms with Gasteiger partial charge in [-0.15, -0.1) is 11.3 Å². The van der Waals surface area contributed by atoms with Crippen molar-refractivity contribution in [3.63, 3.8) is 0 Å². The van der Waals surface area contributed by atoms with Gasteiger partial charge in [0.15, 0.2) is 0 Å². The number of hydrogen-bond donors (Lipinski definition) is 1. The smallest absolute Gasteiger partial charge is 0.233 e. The molecule has 0 saturated carbocycles. The van der Waals surface area contributed by atoms with Crippen LogP contribution >= 0.6 is 23.1 Å². The lowest BCUT2D eigenvalue weighted by atomic mass is 10.2. The number of rotatable bonds is 7. The quantitative estimate of drug-likeness (QED) is 0.489. The van der Waals surface area contributed by atoms with E-state index in [1.165, 1.54) is 16.6 Å². The molecule has 26 heavy (non-hydrogen) atoms. The zero-order valence-electron chi connectivity index (χ0n) is 15.0. The molecule has 1 amide bonds. The van der Waals surface area contributed by atoms with Gasteiger partial charge in [0.1, 0.15) is 21.9 Å². The maximum absolute atomic E-state index is 12.4. The summed E-state index contributed by atoms with van der Waals surface area (Å²) in [6, 6.07) is 9.80. The van der Waals surface area contributed by atoms with E-state index in [1.807, 2.05) is 31.2 Å². The molecule has 1 atom stereocenters. The number of aryl methyl sites for hydroxylation is 1. The summed E-state index contributed by atoms with van der Waals surface area (Å²) in [7, 11) is 1.64. The lowest BCUT2D eigenvalue weighted by Gasteiger charge is -2.12. The molecule has 0 fully saturated rings. The zero-order valence-corrected chi connectivity index (χ0v) is 16.6. The monoisotopic (exact) mass is 387 g/mol. The van der Waals surface area contributed by atoms with Crippen LogP contribution in [0.5, 0.6) is 5.75 Å². The van der Waals surface area contributed by atoms with Crippen molar-refractivity contribution in [2.24, 2.45) is 0 Å². The number of methoxy groups -OCH3 is 1. The first-order valence-corrected chi connectivity index (χ1v) is 10.1.